The predicted molar refractivity (Wildman–Crippen MR) is 108 cm³/mol. The Morgan fingerprint density at radius 1 is 1.19 bits per heavy atom. The molecule has 1 aromatic heterocycles. The summed E-state index contributed by atoms with van der Waals surface area (Å²) in [6.07, 6.45) is 0.987. The molecule has 0 aliphatic carbocycles. The Bertz CT molecular complexity index is 1030. The second-order valence-corrected chi connectivity index (χ2v) is 7.10. The van der Waals surface area contributed by atoms with Crippen molar-refractivity contribution in [3.8, 4) is 0 Å². The summed E-state index contributed by atoms with van der Waals surface area (Å²) < 4.78 is 0. The molecule has 5 nitrogen and oxygen atoms in total. The van der Waals surface area contributed by atoms with Crippen molar-refractivity contribution < 1.29 is 4.79 Å². The topological polar surface area (TPSA) is 66.1 Å². The van der Waals surface area contributed by atoms with Gasteiger partial charge in [-0.05, 0) is 36.2 Å². The van der Waals surface area contributed by atoms with Gasteiger partial charge in [0.15, 0.2) is 0 Å². The molecule has 0 bridgehead atoms. The van der Waals surface area contributed by atoms with Gasteiger partial charge in [-0.15, -0.1) is 0 Å². The first-order valence-corrected chi connectivity index (χ1v) is 9.43. The van der Waals surface area contributed by atoms with E-state index in [-0.39, 0.29) is 24.4 Å². The lowest BCUT2D eigenvalue weighted by Gasteiger charge is -2.22. The van der Waals surface area contributed by atoms with Crippen LogP contribution in [0.2, 0.25) is 10.0 Å². The minimum atomic E-state index is -0.248. The predicted octanol–water partition coefficient (Wildman–Crippen LogP) is 4.21. The number of hydrogen-bond donors (Lipinski definition) is 1. The van der Waals surface area contributed by atoms with Crippen molar-refractivity contribution >= 4 is 40.0 Å². The van der Waals surface area contributed by atoms with Crippen LogP contribution in [0.3, 0.4) is 0 Å². The molecule has 1 heterocycles. The molecule has 0 saturated carbocycles. The second-order valence-electron chi connectivity index (χ2n) is 6.26. The Balaban J connectivity index is 1.85. The van der Waals surface area contributed by atoms with Crippen LogP contribution in [-0.4, -0.2) is 27.3 Å². The summed E-state index contributed by atoms with van der Waals surface area (Å²) in [6.45, 7) is 2.77. The molecule has 1 amide bonds. The number of hydrogen-bond acceptors (Lipinski definition) is 3. The van der Waals surface area contributed by atoms with Gasteiger partial charge in [-0.25, -0.2) is 4.98 Å². The Hall–Kier alpha value is -2.37. The average Bonchev–Trinajstić information content (AvgIpc) is 2.63. The second kappa shape index (κ2) is 8.55. The number of halogens is 2. The van der Waals surface area contributed by atoms with Crippen LogP contribution in [-0.2, 0) is 17.8 Å². The van der Waals surface area contributed by atoms with E-state index >= 15 is 0 Å². The van der Waals surface area contributed by atoms with Gasteiger partial charge in [0.2, 0.25) is 5.91 Å². The van der Waals surface area contributed by atoms with Crippen molar-refractivity contribution in [1.29, 1.82) is 0 Å². The summed E-state index contributed by atoms with van der Waals surface area (Å²) in [5.74, 6) is 0.356. The zero-order valence-corrected chi connectivity index (χ0v) is 16.3. The lowest BCUT2D eigenvalue weighted by atomic mass is 10.1. The highest BCUT2D eigenvalue weighted by Gasteiger charge is 2.17. The smallest absolute Gasteiger partial charge is 0.258 e. The third-order valence-corrected chi connectivity index (χ3v) is 4.81. The summed E-state index contributed by atoms with van der Waals surface area (Å²) in [5, 5.41) is 1.54. The highest BCUT2D eigenvalue weighted by Crippen LogP contribution is 2.18. The van der Waals surface area contributed by atoms with E-state index in [1.165, 1.54) is 0 Å². The van der Waals surface area contributed by atoms with Gasteiger partial charge in [-0.1, -0.05) is 48.3 Å². The normalized spacial score (nSPS) is 10.9. The molecule has 0 unspecified atom stereocenters. The monoisotopic (exact) mass is 403 g/mol. The van der Waals surface area contributed by atoms with Gasteiger partial charge in [0, 0.05) is 16.6 Å². The highest BCUT2D eigenvalue weighted by molar-refractivity contribution is 6.31. The van der Waals surface area contributed by atoms with Crippen molar-refractivity contribution in [3.05, 3.63) is 74.3 Å². The lowest BCUT2D eigenvalue weighted by molar-refractivity contribution is -0.131. The van der Waals surface area contributed by atoms with E-state index < -0.39 is 0 Å². The standard InChI is InChI=1S/C20H19Cl2N3O2/c1-2-9-25(19(26)10-13-5-3-4-6-16(13)22)12-18-23-17-11-14(21)7-8-15(17)20(27)24-18/h3-8,11H,2,9-10,12H2,1H3,(H,23,24,27). The number of aromatic nitrogens is 2. The number of fused-ring (bicyclic) bond motifs is 1. The first-order chi connectivity index (χ1) is 13.0. The molecule has 3 aromatic rings. The van der Waals surface area contributed by atoms with E-state index in [9.17, 15) is 9.59 Å². The van der Waals surface area contributed by atoms with E-state index in [1.807, 2.05) is 25.1 Å². The number of nitrogens with zero attached hydrogens (tertiary/aromatic N) is 2. The Labute approximate surface area is 166 Å². The summed E-state index contributed by atoms with van der Waals surface area (Å²) in [4.78, 5) is 34.0. The molecule has 0 fully saturated rings. The fourth-order valence-electron chi connectivity index (χ4n) is 2.90. The largest absolute Gasteiger partial charge is 0.335 e. The SMILES string of the molecule is CCCN(Cc1nc2cc(Cl)ccc2c(=O)[nH]1)C(=O)Cc1ccccc1Cl. The third kappa shape index (κ3) is 4.67. The van der Waals surface area contributed by atoms with E-state index in [2.05, 4.69) is 9.97 Å². The average molecular weight is 404 g/mol. The molecular weight excluding hydrogens is 385 g/mol. The highest BCUT2D eigenvalue weighted by atomic mass is 35.5. The first-order valence-electron chi connectivity index (χ1n) is 8.67. The summed E-state index contributed by atoms with van der Waals surface area (Å²) in [6, 6.07) is 12.2. The quantitative estimate of drug-likeness (QED) is 0.669. The Kier molecular flexibility index (Phi) is 6.14. The zero-order valence-electron chi connectivity index (χ0n) is 14.8. The van der Waals surface area contributed by atoms with Gasteiger partial charge in [-0.2, -0.15) is 0 Å². The van der Waals surface area contributed by atoms with Gasteiger partial charge < -0.3 is 9.88 Å². The first kappa shape index (κ1) is 19.4. The minimum absolute atomic E-state index is 0.0706. The van der Waals surface area contributed by atoms with Crippen LogP contribution in [0.15, 0.2) is 47.3 Å². The van der Waals surface area contributed by atoms with Gasteiger partial charge in [0.05, 0.1) is 23.9 Å². The molecule has 0 atom stereocenters. The van der Waals surface area contributed by atoms with E-state index in [0.717, 1.165) is 12.0 Å². The van der Waals surface area contributed by atoms with Crippen LogP contribution in [0.4, 0.5) is 0 Å². The van der Waals surface area contributed by atoms with E-state index in [0.29, 0.717) is 33.3 Å². The Morgan fingerprint density at radius 3 is 2.70 bits per heavy atom. The van der Waals surface area contributed by atoms with Crippen molar-refractivity contribution in [1.82, 2.24) is 14.9 Å². The van der Waals surface area contributed by atoms with Crippen LogP contribution in [0.5, 0.6) is 0 Å². The zero-order chi connectivity index (χ0) is 19.4. The van der Waals surface area contributed by atoms with Crippen LogP contribution in [0, 0.1) is 0 Å². The van der Waals surface area contributed by atoms with Gasteiger partial charge in [0.1, 0.15) is 5.82 Å². The number of benzene rings is 2. The fourth-order valence-corrected chi connectivity index (χ4v) is 3.26. The Morgan fingerprint density at radius 2 is 1.96 bits per heavy atom. The number of nitrogens with one attached hydrogen (secondary N) is 1. The number of carbonyl (C=O) groups excluding carboxylic acids is 1. The van der Waals surface area contributed by atoms with Crippen molar-refractivity contribution in [2.24, 2.45) is 0 Å². The molecule has 3 rings (SSSR count). The lowest BCUT2D eigenvalue weighted by Crippen LogP contribution is -2.34. The van der Waals surface area contributed by atoms with Crippen molar-refractivity contribution in [2.75, 3.05) is 6.54 Å². The maximum absolute atomic E-state index is 12.8. The molecule has 0 saturated heterocycles. The van der Waals surface area contributed by atoms with E-state index in [1.54, 1.807) is 29.2 Å². The van der Waals surface area contributed by atoms with Gasteiger partial charge in [-0.3, -0.25) is 9.59 Å². The van der Waals surface area contributed by atoms with Crippen molar-refractivity contribution in [2.45, 2.75) is 26.3 Å². The molecule has 0 radical (unpaired) electrons. The van der Waals surface area contributed by atoms with E-state index in [4.69, 9.17) is 23.2 Å². The van der Waals surface area contributed by atoms with Gasteiger partial charge >= 0.3 is 0 Å². The molecule has 140 valence electrons. The fraction of sp³-hybridized carbons (Fsp3) is 0.250. The summed E-state index contributed by atoms with van der Waals surface area (Å²) in [7, 11) is 0. The summed E-state index contributed by atoms with van der Waals surface area (Å²) in [5.41, 5.74) is 1.04. The van der Waals surface area contributed by atoms with Gasteiger partial charge in [0.25, 0.3) is 5.56 Å². The minimum Gasteiger partial charge on any atom is -0.335 e. The van der Waals surface area contributed by atoms with Crippen LogP contribution >= 0.6 is 23.2 Å². The molecule has 0 aliphatic rings. The maximum Gasteiger partial charge on any atom is 0.258 e. The third-order valence-electron chi connectivity index (χ3n) is 4.20. The molecule has 7 heteroatoms. The summed E-state index contributed by atoms with van der Waals surface area (Å²) >= 11 is 12.2. The maximum atomic E-state index is 12.8. The molecule has 1 N–H and O–H groups in total. The molecule has 0 aliphatic heterocycles. The molecule has 0 spiro atoms. The number of aromatic amines is 1. The molecule has 27 heavy (non-hydrogen) atoms. The number of amides is 1. The van der Waals surface area contributed by atoms with Crippen molar-refractivity contribution in [3.63, 3.8) is 0 Å². The number of rotatable bonds is 6. The van der Waals surface area contributed by atoms with Crippen LogP contribution in [0.1, 0.15) is 24.7 Å². The molecular formula is C20H19Cl2N3O2. The molecule has 2 aromatic carbocycles. The van der Waals surface area contributed by atoms with Crippen LogP contribution in [0.25, 0.3) is 10.9 Å². The number of carbonyl (C=O) groups is 1. The van der Waals surface area contributed by atoms with Crippen LogP contribution < -0.4 is 5.56 Å². The number of H-pyrrole nitrogens is 1.